The molecule has 0 bridgehead atoms. The van der Waals surface area contributed by atoms with Crippen LogP contribution in [0.4, 0.5) is 5.95 Å². The molecule has 118 valence electrons. The molecule has 7 nitrogen and oxygen atoms in total. The van der Waals surface area contributed by atoms with Crippen LogP contribution in [0.2, 0.25) is 0 Å². The second-order valence-electron chi connectivity index (χ2n) is 5.19. The van der Waals surface area contributed by atoms with Gasteiger partial charge in [0.15, 0.2) is 5.65 Å². The van der Waals surface area contributed by atoms with Crippen molar-refractivity contribution in [1.82, 2.24) is 24.7 Å². The second-order valence-corrected chi connectivity index (χ2v) is 5.19. The van der Waals surface area contributed by atoms with E-state index < -0.39 is 0 Å². The lowest BCUT2D eigenvalue weighted by Gasteiger charge is -2.02. The summed E-state index contributed by atoms with van der Waals surface area (Å²) >= 11 is 0. The topological polar surface area (TPSA) is 80.9 Å². The first kappa shape index (κ1) is 14.3. The molecule has 0 saturated carbocycles. The Balaban J connectivity index is 1.70. The minimum Gasteiger partial charge on any atom is -0.324 e. The zero-order valence-electron chi connectivity index (χ0n) is 13.1. The molecular weight excluding hydrogens is 302 g/mol. The predicted octanol–water partition coefficient (Wildman–Crippen LogP) is 2.84. The van der Waals surface area contributed by atoms with E-state index in [9.17, 15) is 0 Å². The summed E-state index contributed by atoms with van der Waals surface area (Å²) in [6.45, 7) is 2.89. The zero-order chi connectivity index (χ0) is 16.4. The van der Waals surface area contributed by atoms with Gasteiger partial charge < -0.3 is 4.57 Å². The van der Waals surface area contributed by atoms with Gasteiger partial charge in [0.1, 0.15) is 5.52 Å². The van der Waals surface area contributed by atoms with Crippen LogP contribution < -0.4 is 5.43 Å². The highest BCUT2D eigenvalue weighted by Gasteiger charge is 2.13. The number of hydrazone groups is 1. The number of nitrogens with one attached hydrogen (secondary N) is 1. The van der Waals surface area contributed by atoms with Crippen molar-refractivity contribution in [2.24, 2.45) is 5.10 Å². The molecule has 24 heavy (non-hydrogen) atoms. The maximum absolute atomic E-state index is 4.56. The van der Waals surface area contributed by atoms with Gasteiger partial charge in [0.05, 0.1) is 17.4 Å². The lowest BCUT2D eigenvalue weighted by molar-refractivity contribution is 0.811. The van der Waals surface area contributed by atoms with Crippen LogP contribution >= 0.6 is 0 Å². The van der Waals surface area contributed by atoms with Crippen LogP contribution in [0.5, 0.6) is 0 Å². The van der Waals surface area contributed by atoms with Gasteiger partial charge in [0, 0.05) is 18.1 Å². The highest BCUT2D eigenvalue weighted by atomic mass is 15.4. The van der Waals surface area contributed by atoms with Crippen LogP contribution in [-0.2, 0) is 6.54 Å². The number of para-hydroxylation sites is 1. The Morgan fingerprint density at radius 3 is 2.83 bits per heavy atom. The van der Waals surface area contributed by atoms with Crippen LogP contribution in [0, 0.1) is 0 Å². The highest BCUT2D eigenvalue weighted by Crippen LogP contribution is 2.25. The molecule has 3 aromatic heterocycles. The zero-order valence-corrected chi connectivity index (χ0v) is 13.1. The van der Waals surface area contributed by atoms with E-state index in [1.165, 1.54) is 0 Å². The number of rotatable bonds is 4. The van der Waals surface area contributed by atoms with Crippen LogP contribution in [0.15, 0.2) is 53.8 Å². The average molecular weight is 317 g/mol. The molecule has 0 fully saturated rings. The second kappa shape index (κ2) is 6.04. The van der Waals surface area contributed by atoms with Crippen LogP contribution in [0.3, 0.4) is 0 Å². The Morgan fingerprint density at radius 2 is 2.00 bits per heavy atom. The summed E-state index contributed by atoms with van der Waals surface area (Å²) in [5, 5.41) is 13.6. The van der Waals surface area contributed by atoms with Crippen molar-refractivity contribution in [3.05, 3.63) is 54.4 Å². The molecule has 0 unspecified atom stereocenters. The number of hydrogen-bond donors (Lipinski definition) is 1. The number of aromatic nitrogens is 5. The van der Waals surface area contributed by atoms with Gasteiger partial charge >= 0.3 is 0 Å². The normalized spacial score (nSPS) is 11.5. The largest absolute Gasteiger partial charge is 0.324 e. The van der Waals surface area contributed by atoms with Crippen molar-refractivity contribution in [3.8, 4) is 0 Å². The maximum atomic E-state index is 4.56. The third kappa shape index (κ3) is 2.45. The molecular formula is C17H15N7. The summed E-state index contributed by atoms with van der Waals surface area (Å²) in [5.41, 5.74) is 6.26. The molecule has 7 heteroatoms. The van der Waals surface area contributed by atoms with E-state index in [0.29, 0.717) is 5.95 Å². The standard InChI is InChI=1S/C17H15N7/c1-2-24-14-9-4-3-8-13(14)15-16(24)20-17(23-21-15)22-19-11-12-7-5-6-10-18-12/h3-11H,2H2,1H3,(H,20,22,23)/b19-11+. The van der Waals surface area contributed by atoms with Crippen LogP contribution in [-0.4, -0.2) is 30.9 Å². The van der Waals surface area contributed by atoms with E-state index in [4.69, 9.17) is 0 Å². The number of pyridine rings is 1. The molecule has 1 N–H and O–H groups in total. The minimum atomic E-state index is 0.354. The van der Waals surface area contributed by atoms with Crippen molar-refractivity contribution in [1.29, 1.82) is 0 Å². The van der Waals surface area contributed by atoms with E-state index in [1.807, 2.05) is 36.4 Å². The summed E-state index contributed by atoms with van der Waals surface area (Å²) in [4.78, 5) is 8.72. The molecule has 4 rings (SSSR count). The fourth-order valence-corrected chi connectivity index (χ4v) is 2.68. The molecule has 0 amide bonds. The molecule has 4 aromatic rings. The molecule has 0 aliphatic carbocycles. The van der Waals surface area contributed by atoms with E-state index in [2.05, 4.69) is 48.2 Å². The Bertz CT molecular complexity index is 1020. The van der Waals surface area contributed by atoms with Gasteiger partial charge in [-0.15, -0.1) is 10.2 Å². The first-order chi connectivity index (χ1) is 11.9. The molecule has 1 aromatic carbocycles. The summed E-state index contributed by atoms with van der Waals surface area (Å²) < 4.78 is 2.12. The van der Waals surface area contributed by atoms with Gasteiger partial charge in [-0.2, -0.15) is 10.1 Å². The van der Waals surface area contributed by atoms with E-state index >= 15 is 0 Å². The Kier molecular flexibility index (Phi) is 3.59. The summed E-state index contributed by atoms with van der Waals surface area (Å²) in [7, 11) is 0. The minimum absolute atomic E-state index is 0.354. The summed E-state index contributed by atoms with van der Waals surface area (Å²) in [6, 6.07) is 13.7. The van der Waals surface area contributed by atoms with Crippen molar-refractivity contribution in [2.45, 2.75) is 13.5 Å². The molecule has 0 saturated heterocycles. The fraction of sp³-hybridized carbons (Fsp3) is 0.118. The Labute approximate surface area is 138 Å². The van der Waals surface area contributed by atoms with E-state index in [0.717, 1.165) is 34.3 Å². The van der Waals surface area contributed by atoms with Crippen molar-refractivity contribution in [2.75, 3.05) is 5.43 Å². The Morgan fingerprint density at radius 1 is 1.12 bits per heavy atom. The molecule has 0 spiro atoms. The van der Waals surface area contributed by atoms with Gasteiger partial charge in [0.25, 0.3) is 5.95 Å². The third-order valence-corrected chi connectivity index (χ3v) is 3.74. The molecule has 0 radical (unpaired) electrons. The van der Waals surface area contributed by atoms with Crippen LogP contribution in [0.25, 0.3) is 22.1 Å². The predicted molar refractivity (Wildman–Crippen MR) is 94.0 cm³/mol. The third-order valence-electron chi connectivity index (χ3n) is 3.74. The summed E-state index contributed by atoms with van der Waals surface area (Å²) in [6.07, 6.45) is 3.33. The van der Waals surface area contributed by atoms with Crippen LogP contribution in [0.1, 0.15) is 12.6 Å². The fourth-order valence-electron chi connectivity index (χ4n) is 2.68. The Hall–Kier alpha value is -3.35. The van der Waals surface area contributed by atoms with Gasteiger partial charge in [0.2, 0.25) is 0 Å². The number of fused-ring (bicyclic) bond motifs is 3. The first-order valence-electron chi connectivity index (χ1n) is 7.68. The lowest BCUT2D eigenvalue weighted by Crippen LogP contribution is -2.02. The molecule has 3 heterocycles. The average Bonchev–Trinajstić information content (AvgIpc) is 2.95. The highest BCUT2D eigenvalue weighted by molar-refractivity contribution is 6.04. The van der Waals surface area contributed by atoms with Gasteiger partial charge in [-0.05, 0) is 25.1 Å². The molecule has 0 atom stereocenters. The molecule has 0 aliphatic heterocycles. The van der Waals surface area contributed by atoms with Gasteiger partial charge in [-0.1, -0.05) is 24.3 Å². The van der Waals surface area contributed by atoms with E-state index in [1.54, 1.807) is 12.4 Å². The van der Waals surface area contributed by atoms with Crippen molar-refractivity contribution < 1.29 is 0 Å². The smallest absolute Gasteiger partial charge is 0.265 e. The SMILES string of the molecule is CCn1c2ccccc2c2nnc(N/N=C/c3ccccn3)nc21. The maximum Gasteiger partial charge on any atom is 0.265 e. The number of nitrogens with zero attached hydrogens (tertiary/aromatic N) is 6. The number of hydrogen-bond acceptors (Lipinski definition) is 6. The number of benzene rings is 1. The van der Waals surface area contributed by atoms with Gasteiger partial charge in [-0.25, -0.2) is 5.43 Å². The molecule has 0 aliphatic rings. The first-order valence-corrected chi connectivity index (χ1v) is 7.68. The summed E-state index contributed by atoms with van der Waals surface area (Å²) in [5.74, 6) is 0.354. The van der Waals surface area contributed by atoms with Gasteiger partial charge in [-0.3, -0.25) is 4.98 Å². The lowest BCUT2D eigenvalue weighted by atomic mass is 10.2. The van der Waals surface area contributed by atoms with E-state index in [-0.39, 0.29) is 0 Å². The number of anilines is 1. The number of aryl methyl sites for hydroxylation is 1. The van der Waals surface area contributed by atoms with Crippen molar-refractivity contribution >= 4 is 34.2 Å². The quantitative estimate of drug-likeness (QED) is 0.462. The monoisotopic (exact) mass is 317 g/mol. The van der Waals surface area contributed by atoms with Crippen molar-refractivity contribution in [3.63, 3.8) is 0 Å².